The molecular formula is C23H33NO2S. The molecule has 7 atom stereocenters. The molecule has 27 heavy (non-hydrogen) atoms. The molecule has 1 aromatic rings. The molecule has 0 N–H and O–H groups in total. The van der Waals surface area contributed by atoms with E-state index in [0.717, 1.165) is 36.5 Å². The molecule has 4 aliphatic carbocycles. The lowest BCUT2D eigenvalue weighted by Crippen LogP contribution is -2.54. The number of nitrogens with zero attached hydrogens (tertiary/aromatic N) is 1. The smallest absolute Gasteiger partial charge is 0.302 e. The van der Waals surface area contributed by atoms with Gasteiger partial charge in [-0.3, -0.25) is 4.79 Å². The van der Waals surface area contributed by atoms with E-state index in [1.165, 1.54) is 49.2 Å². The molecule has 1 heterocycles. The van der Waals surface area contributed by atoms with Crippen LogP contribution in [0.3, 0.4) is 0 Å². The molecule has 0 aromatic carbocycles. The summed E-state index contributed by atoms with van der Waals surface area (Å²) in [4.78, 5) is 17.9. The number of rotatable bonds is 1. The third kappa shape index (κ3) is 2.58. The second-order valence-electron chi connectivity index (χ2n) is 10.3. The number of hydrogen-bond donors (Lipinski definition) is 0. The van der Waals surface area contributed by atoms with Crippen molar-refractivity contribution in [1.82, 2.24) is 4.98 Å². The number of ether oxygens (including phenoxy) is 1. The van der Waals surface area contributed by atoms with E-state index >= 15 is 0 Å². The Morgan fingerprint density at radius 3 is 2.74 bits per heavy atom. The number of aryl methyl sites for hydroxylation is 1. The Morgan fingerprint density at radius 1 is 1.15 bits per heavy atom. The first-order valence-electron chi connectivity index (χ1n) is 11.0. The molecule has 0 radical (unpaired) electrons. The molecule has 3 fully saturated rings. The predicted molar refractivity (Wildman–Crippen MR) is 108 cm³/mol. The summed E-state index contributed by atoms with van der Waals surface area (Å²) in [7, 11) is 0. The van der Waals surface area contributed by atoms with Crippen molar-refractivity contribution in [3.8, 4) is 0 Å². The monoisotopic (exact) mass is 387 g/mol. The van der Waals surface area contributed by atoms with Gasteiger partial charge < -0.3 is 4.74 Å². The predicted octanol–water partition coefficient (Wildman–Crippen LogP) is 5.44. The Balaban J connectivity index is 1.39. The van der Waals surface area contributed by atoms with Crippen LogP contribution in [0.25, 0.3) is 0 Å². The molecule has 3 nitrogen and oxygen atoms in total. The molecule has 4 heteroatoms. The lowest BCUT2D eigenvalue weighted by molar-refractivity contribution is -0.157. The molecular weight excluding hydrogens is 354 g/mol. The molecule has 1 aromatic heterocycles. The average Bonchev–Trinajstić information content (AvgIpc) is 3.10. The van der Waals surface area contributed by atoms with Crippen LogP contribution in [-0.4, -0.2) is 17.1 Å². The third-order valence-corrected chi connectivity index (χ3v) is 10.4. The topological polar surface area (TPSA) is 39.2 Å². The number of aromatic nitrogens is 1. The summed E-state index contributed by atoms with van der Waals surface area (Å²) in [5.41, 5.74) is 2.25. The zero-order chi connectivity index (χ0) is 19.0. The van der Waals surface area contributed by atoms with Gasteiger partial charge in [-0.1, -0.05) is 13.8 Å². The molecule has 0 aliphatic heterocycles. The fraction of sp³-hybridized carbons (Fsp3) is 0.826. The van der Waals surface area contributed by atoms with Gasteiger partial charge in [0.25, 0.3) is 0 Å². The number of hydrogen-bond acceptors (Lipinski definition) is 4. The highest BCUT2D eigenvalue weighted by Crippen LogP contribution is 2.66. The summed E-state index contributed by atoms with van der Waals surface area (Å²) < 4.78 is 5.60. The van der Waals surface area contributed by atoms with Crippen LogP contribution in [-0.2, 0) is 21.4 Å². The number of fused-ring (bicyclic) bond motifs is 7. The molecule has 148 valence electrons. The zero-order valence-electron chi connectivity index (χ0n) is 17.2. The zero-order valence-corrected chi connectivity index (χ0v) is 18.0. The molecule has 0 amide bonds. The molecule has 0 unspecified atom stereocenters. The quantitative estimate of drug-likeness (QED) is 0.602. The Morgan fingerprint density at radius 2 is 1.96 bits per heavy atom. The molecule has 0 saturated heterocycles. The maximum absolute atomic E-state index is 11.4. The summed E-state index contributed by atoms with van der Waals surface area (Å²) in [6, 6.07) is 0. The number of carbonyl (C=O) groups excluding carboxylic acids is 1. The van der Waals surface area contributed by atoms with Crippen molar-refractivity contribution < 1.29 is 9.53 Å². The minimum Gasteiger partial charge on any atom is -0.463 e. The van der Waals surface area contributed by atoms with Crippen molar-refractivity contribution in [3.05, 3.63) is 15.6 Å². The van der Waals surface area contributed by atoms with Gasteiger partial charge >= 0.3 is 5.97 Å². The van der Waals surface area contributed by atoms with E-state index in [4.69, 9.17) is 9.72 Å². The Hall–Kier alpha value is -0.900. The maximum Gasteiger partial charge on any atom is 0.302 e. The first-order valence-corrected chi connectivity index (χ1v) is 11.8. The largest absolute Gasteiger partial charge is 0.463 e. The van der Waals surface area contributed by atoms with Crippen molar-refractivity contribution >= 4 is 17.3 Å². The lowest BCUT2D eigenvalue weighted by atomic mass is 9.45. The van der Waals surface area contributed by atoms with Gasteiger partial charge in [0.05, 0.1) is 10.7 Å². The Bertz CT molecular complexity index is 772. The number of thiazole rings is 1. The van der Waals surface area contributed by atoms with E-state index < -0.39 is 0 Å². The fourth-order valence-electron chi connectivity index (χ4n) is 7.80. The highest BCUT2D eigenvalue weighted by atomic mass is 32.1. The van der Waals surface area contributed by atoms with E-state index in [1.807, 2.05) is 11.3 Å². The van der Waals surface area contributed by atoms with Gasteiger partial charge in [-0.15, -0.1) is 11.3 Å². The summed E-state index contributed by atoms with van der Waals surface area (Å²) in [6.07, 6.45) is 10.2. The summed E-state index contributed by atoms with van der Waals surface area (Å²) in [5, 5.41) is 1.25. The van der Waals surface area contributed by atoms with Gasteiger partial charge in [-0.25, -0.2) is 4.98 Å². The second kappa shape index (κ2) is 6.05. The van der Waals surface area contributed by atoms with Gasteiger partial charge in [-0.2, -0.15) is 0 Å². The van der Waals surface area contributed by atoms with E-state index in [-0.39, 0.29) is 12.1 Å². The van der Waals surface area contributed by atoms with Gasteiger partial charge in [0.15, 0.2) is 0 Å². The van der Waals surface area contributed by atoms with Crippen LogP contribution in [0.1, 0.15) is 81.3 Å². The van der Waals surface area contributed by atoms with Gasteiger partial charge in [0.1, 0.15) is 6.10 Å². The lowest BCUT2D eigenvalue weighted by Gasteiger charge is -2.60. The van der Waals surface area contributed by atoms with Gasteiger partial charge in [0, 0.05) is 17.2 Å². The summed E-state index contributed by atoms with van der Waals surface area (Å²) in [6.45, 7) is 8.85. The minimum absolute atomic E-state index is 0.106. The van der Waals surface area contributed by atoms with Crippen LogP contribution in [0.5, 0.6) is 0 Å². The van der Waals surface area contributed by atoms with Crippen molar-refractivity contribution in [2.24, 2.45) is 29.1 Å². The molecule has 0 spiro atoms. The molecule has 3 saturated carbocycles. The van der Waals surface area contributed by atoms with E-state index in [0.29, 0.717) is 10.8 Å². The minimum atomic E-state index is -0.106. The first kappa shape index (κ1) is 18.1. The molecule has 5 rings (SSSR count). The number of carbonyl (C=O) groups is 1. The summed E-state index contributed by atoms with van der Waals surface area (Å²) >= 11 is 1.97. The van der Waals surface area contributed by atoms with Crippen LogP contribution < -0.4 is 0 Å². The molecule has 0 bridgehead atoms. The van der Waals surface area contributed by atoms with Gasteiger partial charge in [0.2, 0.25) is 0 Å². The molecule has 4 aliphatic rings. The highest BCUT2D eigenvalue weighted by Gasteiger charge is 2.60. The van der Waals surface area contributed by atoms with Gasteiger partial charge in [-0.05, 0) is 87.4 Å². The SMILES string of the molecule is CC(=O)O[C@H]1CC[C@@]2(C)[C@@H](CC[C@@H]3[C@@H]2CC[C@]2(C)c4sc(C)nc4C[C@@H]32)C1. The van der Waals surface area contributed by atoms with Crippen LogP contribution in [0, 0.1) is 36.0 Å². The van der Waals surface area contributed by atoms with Crippen LogP contribution in [0.2, 0.25) is 0 Å². The van der Waals surface area contributed by atoms with Crippen molar-refractivity contribution in [2.45, 2.75) is 90.6 Å². The average molecular weight is 388 g/mol. The van der Waals surface area contributed by atoms with E-state index in [1.54, 1.807) is 11.8 Å². The van der Waals surface area contributed by atoms with Crippen LogP contribution in [0.4, 0.5) is 0 Å². The number of esters is 1. The van der Waals surface area contributed by atoms with E-state index in [9.17, 15) is 4.79 Å². The van der Waals surface area contributed by atoms with Crippen LogP contribution in [0.15, 0.2) is 0 Å². The van der Waals surface area contributed by atoms with E-state index in [2.05, 4.69) is 20.8 Å². The summed E-state index contributed by atoms with van der Waals surface area (Å²) in [5.74, 6) is 3.14. The second-order valence-corrected chi connectivity index (χ2v) is 11.5. The Labute approximate surface area is 167 Å². The van der Waals surface area contributed by atoms with Crippen molar-refractivity contribution in [2.75, 3.05) is 0 Å². The Kier molecular flexibility index (Phi) is 4.06. The van der Waals surface area contributed by atoms with Crippen LogP contribution >= 0.6 is 11.3 Å². The maximum atomic E-state index is 11.4. The fourth-order valence-corrected chi connectivity index (χ4v) is 8.99. The first-order chi connectivity index (χ1) is 12.8. The standard InChI is InChI=1S/C23H33NO2S/c1-13-24-20-12-19-17-6-5-15-11-16(26-14(2)25)7-9-22(15,3)18(17)8-10-23(19,4)21(20)27-13/h15-19H,5-12H2,1-4H3/t15-,16-,17+,18-,19-,22-,23-/m0/s1. The van der Waals surface area contributed by atoms with Crippen molar-refractivity contribution in [3.63, 3.8) is 0 Å². The highest BCUT2D eigenvalue weighted by molar-refractivity contribution is 7.11. The van der Waals surface area contributed by atoms with Crippen molar-refractivity contribution in [1.29, 1.82) is 0 Å². The third-order valence-electron chi connectivity index (χ3n) is 9.08. The normalized spacial score (nSPS) is 45.4.